The van der Waals surface area contributed by atoms with Crippen LogP contribution >= 0.6 is 12.2 Å². The Bertz CT molecular complexity index is 554. The maximum absolute atomic E-state index is 4.85. The summed E-state index contributed by atoms with van der Waals surface area (Å²) in [7, 11) is 0. The van der Waals surface area contributed by atoms with E-state index >= 15 is 0 Å². The van der Waals surface area contributed by atoms with Gasteiger partial charge in [0.2, 0.25) is 10.7 Å². The van der Waals surface area contributed by atoms with Gasteiger partial charge in [-0.3, -0.25) is 10.2 Å². The highest BCUT2D eigenvalue weighted by atomic mass is 32.1. The molecule has 88 valence electrons. The number of hydrogen-bond acceptors (Lipinski definition) is 4. The van der Waals surface area contributed by atoms with E-state index in [9.17, 15) is 0 Å². The average Bonchev–Trinajstić information content (AvgIpc) is 2.77. The van der Waals surface area contributed by atoms with Crippen LogP contribution in [-0.4, -0.2) is 20.9 Å². The minimum atomic E-state index is 0.403. The topological polar surface area (TPSA) is 68.9 Å². The van der Waals surface area contributed by atoms with Gasteiger partial charge in [-0.2, -0.15) is 10.1 Å². The van der Waals surface area contributed by atoms with Crippen molar-refractivity contribution >= 4 is 23.9 Å². The van der Waals surface area contributed by atoms with Crippen molar-refractivity contribution in [3.8, 4) is 0 Å². The summed E-state index contributed by atoms with van der Waals surface area (Å²) in [5.74, 6) is 0.511. The molecule has 1 aromatic carbocycles. The number of hydrazone groups is 1. The number of H-pyrrole nitrogens is 2. The fourth-order valence-electron chi connectivity index (χ4n) is 1.42. The Labute approximate surface area is 104 Å². The number of aromatic nitrogens is 3. The molecule has 0 aliphatic heterocycles. The molecule has 0 fully saturated rings. The number of hydrogen-bond donors (Lipinski definition) is 3. The fraction of sp³-hybridized carbons (Fsp3) is 0.182. The zero-order chi connectivity index (χ0) is 12.1. The van der Waals surface area contributed by atoms with Crippen molar-refractivity contribution < 1.29 is 0 Å². The normalized spacial score (nSPS) is 11.5. The standard InChI is InChI=1S/C11H13N5S/c1-2-9(8-6-4-3-5-7-8)13-14-10-12-11(17)16-15-10/h3-7H,2H2,1H3,(H3,12,14,15,16,17)/b13-9+. The van der Waals surface area contributed by atoms with Crippen LogP contribution in [0.3, 0.4) is 0 Å². The summed E-state index contributed by atoms with van der Waals surface area (Å²) >= 11 is 4.85. The molecule has 2 aromatic rings. The van der Waals surface area contributed by atoms with Crippen molar-refractivity contribution in [3.63, 3.8) is 0 Å². The zero-order valence-electron chi connectivity index (χ0n) is 9.40. The van der Waals surface area contributed by atoms with Gasteiger partial charge in [0.1, 0.15) is 0 Å². The second-order valence-corrected chi connectivity index (χ2v) is 3.79. The number of nitrogens with one attached hydrogen (secondary N) is 3. The third kappa shape index (κ3) is 3.01. The summed E-state index contributed by atoms with van der Waals surface area (Å²) in [6.45, 7) is 2.06. The van der Waals surface area contributed by atoms with E-state index in [1.807, 2.05) is 30.3 Å². The third-order valence-corrected chi connectivity index (χ3v) is 2.43. The quantitative estimate of drug-likeness (QED) is 0.442. The molecule has 0 amide bonds. The van der Waals surface area contributed by atoms with Crippen LogP contribution < -0.4 is 5.43 Å². The van der Waals surface area contributed by atoms with Crippen LogP contribution in [-0.2, 0) is 0 Å². The number of aromatic amines is 2. The number of nitrogens with zero attached hydrogens (tertiary/aromatic N) is 2. The molecule has 0 aliphatic carbocycles. The van der Waals surface area contributed by atoms with Gasteiger partial charge in [0.25, 0.3) is 0 Å². The van der Waals surface area contributed by atoms with Gasteiger partial charge in [0, 0.05) is 0 Å². The first-order valence-electron chi connectivity index (χ1n) is 5.32. The maximum atomic E-state index is 4.85. The van der Waals surface area contributed by atoms with Crippen molar-refractivity contribution in [1.82, 2.24) is 15.2 Å². The van der Waals surface area contributed by atoms with Gasteiger partial charge in [-0.15, -0.1) is 0 Å². The predicted octanol–water partition coefficient (Wildman–Crippen LogP) is 2.69. The van der Waals surface area contributed by atoms with Crippen molar-refractivity contribution in [2.24, 2.45) is 5.10 Å². The molecule has 0 saturated carbocycles. The molecule has 0 unspecified atom stereocenters. The lowest BCUT2D eigenvalue weighted by molar-refractivity contribution is 1.06. The molecule has 3 N–H and O–H groups in total. The molecular formula is C11H13N5S. The van der Waals surface area contributed by atoms with Gasteiger partial charge < -0.3 is 0 Å². The van der Waals surface area contributed by atoms with Gasteiger partial charge in [0.15, 0.2) is 0 Å². The van der Waals surface area contributed by atoms with E-state index < -0.39 is 0 Å². The molecule has 0 bridgehead atoms. The van der Waals surface area contributed by atoms with E-state index in [1.54, 1.807) is 0 Å². The Balaban J connectivity index is 2.16. The molecule has 6 heteroatoms. The third-order valence-electron chi connectivity index (χ3n) is 2.24. The molecule has 0 atom stereocenters. The van der Waals surface area contributed by atoms with Gasteiger partial charge in [-0.25, -0.2) is 5.43 Å². The summed E-state index contributed by atoms with van der Waals surface area (Å²) in [4.78, 5) is 4.00. The van der Waals surface area contributed by atoms with Crippen molar-refractivity contribution in [2.45, 2.75) is 13.3 Å². The van der Waals surface area contributed by atoms with Gasteiger partial charge >= 0.3 is 0 Å². The smallest absolute Gasteiger partial charge is 0.238 e. The summed E-state index contributed by atoms with van der Waals surface area (Å²) in [5.41, 5.74) is 4.90. The molecule has 0 saturated heterocycles. The second kappa shape index (κ2) is 5.40. The maximum Gasteiger partial charge on any atom is 0.238 e. The van der Waals surface area contributed by atoms with Crippen LogP contribution in [0, 0.1) is 4.77 Å². The Morgan fingerprint density at radius 3 is 2.71 bits per heavy atom. The van der Waals surface area contributed by atoms with E-state index in [4.69, 9.17) is 12.2 Å². The molecule has 0 aliphatic rings. The van der Waals surface area contributed by atoms with E-state index in [0.29, 0.717) is 10.7 Å². The SMILES string of the molecule is CC/C(=N\Nc1nc(=S)[nH][nH]1)c1ccccc1. The van der Waals surface area contributed by atoms with Gasteiger partial charge in [-0.1, -0.05) is 37.3 Å². The molecule has 0 spiro atoms. The molecular weight excluding hydrogens is 234 g/mol. The summed E-state index contributed by atoms with van der Waals surface area (Å²) in [6, 6.07) is 10.0. The largest absolute Gasteiger partial charge is 0.272 e. The predicted molar refractivity (Wildman–Crippen MR) is 70.7 cm³/mol. The highest BCUT2D eigenvalue weighted by molar-refractivity contribution is 7.71. The lowest BCUT2D eigenvalue weighted by Crippen LogP contribution is -2.03. The lowest BCUT2D eigenvalue weighted by atomic mass is 10.1. The van der Waals surface area contributed by atoms with Crippen molar-refractivity contribution in [3.05, 3.63) is 40.7 Å². The highest BCUT2D eigenvalue weighted by Gasteiger charge is 2.00. The monoisotopic (exact) mass is 247 g/mol. The average molecular weight is 247 g/mol. The number of anilines is 1. The Morgan fingerprint density at radius 2 is 2.12 bits per heavy atom. The van der Waals surface area contributed by atoms with Crippen LogP contribution in [0.1, 0.15) is 18.9 Å². The molecule has 17 heavy (non-hydrogen) atoms. The molecule has 1 heterocycles. The van der Waals surface area contributed by atoms with E-state index in [1.165, 1.54) is 0 Å². The van der Waals surface area contributed by atoms with Crippen LogP contribution in [0.4, 0.5) is 5.95 Å². The van der Waals surface area contributed by atoms with Crippen LogP contribution in [0.15, 0.2) is 35.4 Å². The van der Waals surface area contributed by atoms with E-state index in [2.05, 4.69) is 32.6 Å². The van der Waals surface area contributed by atoms with Crippen LogP contribution in [0.2, 0.25) is 0 Å². The Morgan fingerprint density at radius 1 is 1.35 bits per heavy atom. The van der Waals surface area contributed by atoms with Crippen LogP contribution in [0.5, 0.6) is 0 Å². The Hall–Kier alpha value is -1.95. The zero-order valence-corrected chi connectivity index (χ0v) is 10.2. The summed E-state index contributed by atoms with van der Waals surface area (Å²) in [6.07, 6.45) is 0.835. The van der Waals surface area contributed by atoms with Crippen LogP contribution in [0.25, 0.3) is 0 Å². The van der Waals surface area contributed by atoms with Crippen molar-refractivity contribution in [2.75, 3.05) is 5.43 Å². The van der Waals surface area contributed by atoms with E-state index in [-0.39, 0.29) is 0 Å². The van der Waals surface area contributed by atoms with Gasteiger partial charge in [-0.05, 0) is 24.2 Å². The minimum absolute atomic E-state index is 0.403. The van der Waals surface area contributed by atoms with Crippen molar-refractivity contribution in [1.29, 1.82) is 0 Å². The summed E-state index contributed by atoms with van der Waals surface area (Å²) in [5, 5.41) is 9.78. The lowest BCUT2D eigenvalue weighted by Gasteiger charge is -2.03. The highest BCUT2D eigenvalue weighted by Crippen LogP contribution is 2.05. The Kier molecular flexibility index (Phi) is 3.66. The fourth-order valence-corrected chi connectivity index (χ4v) is 1.56. The van der Waals surface area contributed by atoms with E-state index in [0.717, 1.165) is 17.7 Å². The first-order valence-corrected chi connectivity index (χ1v) is 5.73. The minimum Gasteiger partial charge on any atom is -0.272 e. The number of rotatable bonds is 4. The first kappa shape index (κ1) is 11.5. The molecule has 1 aromatic heterocycles. The molecule has 0 radical (unpaired) electrons. The van der Waals surface area contributed by atoms with Gasteiger partial charge in [0.05, 0.1) is 5.71 Å². The molecule has 2 rings (SSSR count). The second-order valence-electron chi connectivity index (χ2n) is 3.41. The number of benzene rings is 1. The summed E-state index contributed by atoms with van der Waals surface area (Å²) < 4.78 is 0.403. The first-order chi connectivity index (χ1) is 8.29. The molecule has 5 nitrogen and oxygen atoms in total.